The second-order valence-corrected chi connectivity index (χ2v) is 5.62. The molecule has 0 radical (unpaired) electrons. The molecule has 1 saturated heterocycles. The van der Waals surface area contributed by atoms with Gasteiger partial charge in [-0.1, -0.05) is 36.5 Å². The van der Waals surface area contributed by atoms with Crippen LogP contribution in [0.25, 0.3) is 0 Å². The van der Waals surface area contributed by atoms with Crippen molar-refractivity contribution < 1.29 is 4.74 Å². The third-order valence-corrected chi connectivity index (χ3v) is 3.90. The van der Waals surface area contributed by atoms with E-state index < -0.39 is 0 Å². The van der Waals surface area contributed by atoms with Gasteiger partial charge in [0.25, 0.3) is 0 Å². The van der Waals surface area contributed by atoms with Crippen molar-refractivity contribution in [2.75, 3.05) is 13.1 Å². The fourth-order valence-electron chi connectivity index (χ4n) is 2.40. The molecule has 0 bridgehead atoms. The summed E-state index contributed by atoms with van der Waals surface area (Å²) in [5, 5.41) is 4.62. The van der Waals surface area contributed by atoms with Crippen LogP contribution in [0.2, 0.25) is 10.0 Å². The predicted octanol–water partition coefficient (Wildman–Crippen LogP) is 4.15. The van der Waals surface area contributed by atoms with Crippen LogP contribution >= 0.6 is 23.2 Å². The van der Waals surface area contributed by atoms with Crippen LogP contribution in [0.5, 0.6) is 5.75 Å². The highest BCUT2D eigenvalue weighted by Gasteiger charge is 2.26. The lowest BCUT2D eigenvalue weighted by Crippen LogP contribution is -2.28. The van der Waals surface area contributed by atoms with Gasteiger partial charge >= 0.3 is 0 Å². The fourth-order valence-corrected chi connectivity index (χ4v) is 2.86. The molecule has 1 fully saturated rings. The van der Waals surface area contributed by atoms with Crippen LogP contribution < -0.4 is 10.1 Å². The van der Waals surface area contributed by atoms with Crippen molar-refractivity contribution in [2.24, 2.45) is 5.92 Å². The molecule has 0 spiro atoms. The Hall–Kier alpha value is -0.440. The SMILES string of the molecule is CCC[C@@H](Oc1ccc(Cl)cc1Cl)[C@@H]1CCNC1. The zero-order chi connectivity index (χ0) is 13.0. The van der Waals surface area contributed by atoms with Crippen LogP contribution in [0.4, 0.5) is 0 Å². The van der Waals surface area contributed by atoms with Gasteiger partial charge in [-0.3, -0.25) is 0 Å². The lowest BCUT2D eigenvalue weighted by atomic mass is 9.97. The average Bonchev–Trinajstić information content (AvgIpc) is 2.85. The minimum Gasteiger partial charge on any atom is -0.489 e. The van der Waals surface area contributed by atoms with E-state index in [2.05, 4.69) is 12.2 Å². The third-order valence-electron chi connectivity index (χ3n) is 3.37. The number of ether oxygens (including phenoxy) is 1. The molecule has 1 aliphatic heterocycles. The summed E-state index contributed by atoms with van der Waals surface area (Å²) >= 11 is 12.0. The van der Waals surface area contributed by atoms with Crippen molar-refractivity contribution in [3.63, 3.8) is 0 Å². The lowest BCUT2D eigenvalue weighted by Gasteiger charge is -2.24. The highest BCUT2D eigenvalue weighted by molar-refractivity contribution is 6.35. The first-order chi connectivity index (χ1) is 8.70. The molecule has 1 aromatic carbocycles. The monoisotopic (exact) mass is 287 g/mol. The van der Waals surface area contributed by atoms with Gasteiger partial charge in [-0.2, -0.15) is 0 Å². The molecule has 0 aliphatic carbocycles. The number of nitrogens with one attached hydrogen (secondary N) is 1. The number of halogens is 2. The molecule has 2 nitrogen and oxygen atoms in total. The smallest absolute Gasteiger partial charge is 0.138 e. The average molecular weight is 288 g/mol. The first kappa shape index (κ1) is 14.0. The van der Waals surface area contributed by atoms with E-state index >= 15 is 0 Å². The van der Waals surface area contributed by atoms with Crippen LogP contribution in [0.3, 0.4) is 0 Å². The molecule has 1 N–H and O–H groups in total. The minimum absolute atomic E-state index is 0.240. The molecule has 0 aromatic heterocycles. The maximum absolute atomic E-state index is 6.16. The Morgan fingerprint density at radius 3 is 2.89 bits per heavy atom. The number of hydrogen-bond donors (Lipinski definition) is 1. The molecule has 1 aromatic rings. The molecule has 0 unspecified atom stereocenters. The summed E-state index contributed by atoms with van der Waals surface area (Å²) < 4.78 is 6.09. The Morgan fingerprint density at radius 2 is 2.28 bits per heavy atom. The Kier molecular flexibility index (Phi) is 5.16. The quantitative estimate of drug-likeness (QED) is 0.878. The number of benzene rings is 1. The Bertz CT molecular complexity index is 391. The molecule has 18 heavy (non-hydrogen) atoms. The molecule has 2 rings (SSSR count). The van der Waals surface area contributed by atoms with E-state index in [1.54, 1.807) is 6.07 Å². The summed E-state index contributed by atoms with van der Waals surface area (Å²) in [6.45, 7) is 4.31. The van der Waals surface area contributed by atoms with E-state index in [9.17, 15) is 0 Å². The van der Waals surface area contributed by atoms with Gasteiger partial charge in [0.1, 0.15) is 11.9 Å². The topological polar surface area (TPSA) is 21.3 Å². The zero-order valence-electron chi connectivity index (χ0n) is 10.6. The number of hydrogen-bond acceptors (Lipinski definition) is 2. The van der Waals surface area contributed by atoms with E-state index in [-0.39, 0.29) is 6.10 Å². The maximum atomic E-state index is 6.16. The predicted molar refractivity (Wildman–Crippen MR) is 76.8 cm³/mol. The van der Waals surface area contributed by atoms with Crippen molar-refractivity contribution in [3.8, 4) is 5.75 Å². The summed E-state index contributed by atoms with van der Waals surface area (Å²) in [6.07, 6.45) is 3.59. The van der Waals surface area contributed by atoms with E-state index in [0.29, 0.717) is 16.0 Å². The van der Waals surface area contributed by atoms with Crippen molar-refractivity contribution in [1.29, 1.82) is 0 Å². The van der Waals surface area contributed by atoms with Gasteiger partial charge in [0, 0.05) is 17.5 Å². The minimum atomic E-state index is 0.240. The first-order valence-corrected chi connectivity index (χ1v) is 7.28. The third kappa shape index (κ3) is 3.53. The summed E-state index contributed by atoms with van der Waals surface area (Å²) in [5.74, 6) is 1.32. The summed E-state index contributed by atoms with van der Waals surface area (Å²) in [7, 11) is 0. The molecule has 1 heterocycles. The largest absolute Gasteiger partial charge is 0.489 e. The number of rotatable bonds is 5. The van der Waals surface area contributed by atoms with Gasteiger partial charge in [-0.25, -0.2) is 0 Å². The van der Waals surface area contributed by atoms with Crippen molar-refractivity contribution in [1.82, 2.24) is 5.32 Å². The van der Waals surface area contributed by atoms with Crippen molar-refractivity contribution in [3.05, 3.63) is 28.2 Å². The van der Waals surface area contributed by atoms with E-state index in [1.807, 2.05) is 12.1 Å². The Balaban J connectivity index is 2.07. The normalized spacial score (nSPS) is 20.9. The molecule has 2 atom stereocenters. The zero-order valence-corrected chi connectivity index (χ0v) is 12.1. The second-order valence-electron chi connectivity index (χ2n) is 4.77. The van der Waals surface area contributed by atoms with Gasteiger partial charge in [0.15, 0.2) is 0 Å². The van der Waals surface area contributed by atoms with E-state index in [4.69, 9.17) is 27.9 Å². The van der Waals surface area contributed by atoms with Crippen LogP contribution in [0.15, 0.2) is 18.2 Å². The van der Waals surface area contributed by atoms with Crippen molar-refractivity contribution >= 4 is 23.2 Å². The van der Waals surface area contributed by atoms with Crippen molar-refractivity contribution in [2.45, 2.75) is 32.3 Å². The Morgan fingerprint density at radius 1 is 1.44 bits per heavy atom. The van der Waals surface area contributed by atoms with Gasteiger partial charge in [0.05, 0.1) is 5.02 Å². The molecule has 4 heteroatoms. The Labute approximate surface area is 119 Å². The molecule has 100 valence electrons. The van der Waals surface area contributed by atoms with Gasteiger partial charge in [-0.05, 0) is 37.6 Å². The standard InChI is InChI=1S/C14H19Cl2NO/c1-2-3-13(10-6-7-17-9-10)18-14-5-4-11(15)8-12(14)16/h4-5,8,10,13,17H,2-3,6-7,9H2,1H3/t10-,13-/m1/s1. The molecular weight excluding hydrogens is 269 g/mol. The maximum Gasteiger partial charge on any atom is 0.138 e. The summed E-state index contributed by atoms with van der Waals surface area (Å²) in [5.41, 5.74) is 0. The molecular formula is C14H19Cl2NO. The lowest BCUT2D eigenvalue weighted by molar-refractivity contribution is 0.132. The first-order valence-electron chi connectivity index (χ1n) is 6.53. The molecule has 0 amide bonds. The van der Waals surface area contributed by atoms with E-state index in [1.165, 1.54) is 6.42 Å². The van der Waals surface area contributed by atoms with Crippen LogP contribution in [-0.4, -0.2) is 19.2 Å². The van der Waals surface area contributed by atoms with Crippen LogP contribution in [0.1, 0.15) is 26.2 Å². The highest BCUT2D eigenvalue weighted by atomic mass is 35.5. The second kappa shape index (κ2) is 6.65. The van der Waals surface area contributed by atoms with Gasteiger partial charge in [-0.15, -0.1) is 0 Å². The fraction of sp³-hybridized carbons (Fsp3) is 0.571. The molecule has 0 saturated carbocycles. The highest BCUT2D eigenvalue weighted by Crippen LogP contribution is 2.31. The summed E-state index contributed by atoms with van der Waals surface area (Å²) in [6, 6.07) is 5.41. The molecule has 1 aliphatic rings. The van der Waals surface area contributed by atoms with Crippen LogP contribution in [0, 0.1) is 5.92 Å². The van der Waals surface area contributed by atoms with Gasteiger partial charge < -0.3 is 10.1 Å². The van der Waals surface area contributed by atoms with Gasteiger partial charge in [0.2, 0.25) is 0 Å². The van der Waals surface area contributed by atoms with E-state index in [0.717, 1.165) is 31.7 Å². The van der Waals surface area contributed by atoms with Crippen LogP contribution in [-0.2, 0) is 0 Å². The summed E-state index contributed by atoms with van der Waals surface area (Å²) in [4.78, 5) is 0.